The largest absolute Gasteiger partial charge is 0.493 e. The first-order chi connectivity index (χ1) is 13.8. The summed E-state index contributed by atoms with van der Waals surface area (Å²) >= 11 is 1.30. The van der Waals surface area contributed by atoms with Crippen LogP contribution in [-0.4, -0.2) is 25.2 Å². The van der Waals surface area contributed by atoms with E-state index in [1.165, 1.54) is 37.7 Å². The van der Waals surface area contributed by atoms with Crippen molar-refractivity contribution in [2.75, 3.05) is 14.2 Å². The van der Waals surface area contributed by atoms with E-state index in [-0.39, 0.29) is 6.42 Å². The van der Waals surface area contributed by atoms with E-state index < -0.39 is 23.5 Å². The summed E-state index contributed by atoms with van der Waals surface area (Å²) in [6.45, 7) is 0. The van der Waals surface area contributed by atoms with E-state index in [0.29, 0.717) is 22.2 Å². The fraction of sp³-hybridized carbons (Fsp3) is 0.200. The highest BCUT2D eigenvalue weighted by atomic mass is 32.1. The first-order valence-corrected chi connectivity index (χ1v) is 9.23. The lowest BCUT2D eigenvalue weighted by Gasteiger charge is -2.12. The van der Waals surface area contributed by atoms with Crippen LogP contribution < -0.4 is 14.2 Å². The fourth-order valence-electron chi connectivity index (χ4n) is 2.59. The van der Waals surface area contributed by atoms with Crippen molar-refractivity contribution in [3.05, 3.63) is 59.1 Å². The van der Waals surface area contributed by atoms with Crippen LogP contribution in [0.2, 0.25) is 0 Å². The topological polar surface area (TPSA) is 57.7 Å². The molecule has 0 aliphatic heterocycles. The lowest BCUT2D eigenvalue weighted by molar-refractivity contribution is -0.142. The number of thiazole rings is 1. The van der Waals surface area contributed by atoms with E-state index in [1.54, 1.807) is 23.6 Å². The summed E-state index contributed by atoms with van der Waals surface area (Å²) in [6.07, 6.45) is -4.87. The van der Waals surface area contributed by atoms with Crippen LogP contribution in [0.15, 0.2) is 47.8 Å². The first-order valence-electron chi connectivity index (χ1n) is 8.35. The minimum Gasteiger partial charge on any atom is -0.493 e. The van der Waals surface area contributed by atoms with Crippen LogP contribution in [0.5, 0.6) is 17.2 Å². The molecule has 0 spiro atoms. The van der Waals surface area contributed by atoms with Crippen molar-refractivity contribution in [2.45, 2.75) is 12.6 Å². The fourth-order valence-corrected chi connectivity index (χ4v) is 3.40. The molecule has 1 aromatic heterocycles. The van der Waals surface area contributed by atoms with Gasteiger partial charge in [0.05, 0.1) is 31.9 Å². The molecule has 1 heterocycles. The second kappa shape index (κ2) is 8.52. The zero-order valence-electron chi connectivity index (χ0n) is 15.4. The number of halogens is 3. The predicted octanol–water partition coefficient (Wildman–Crippen LogP) is 4.99. The molecule has 5 nitrogen and oxygen atoms in total. The summed E-state index contributed by atoms with van der Waals surface area (Å²) in [6, 6.07) is 9.85. The van der Waals surface area contributed by atoms with Gasteiger partial charge >= 0.3 is 12.1 Å². The normalized spacial score (nSPS) is 11.2. The lowest BCUT2D eigenvalue weighted by atomic mass is 10.2. The maximum Gasteiger partial charge on any atom is 0.419 e. The van der Waals surface area contributed by atoms with Crippen LogP contribution in [0.25, 0.3) is 10.6 Å². The standard InChI is InChI=1S/C20H16F3NO4S/c1-26-16-8-7-12(9-17(16)27-2)19-24-13(11-29-19)10-18(25)28-15-6-4-3-5-14(15)20(21,22)23/h3-9,11H,10H2,1-2H3. The van der Waals surface area contributed by atoms with Gasteiger partial charge in [-0.1, -0.05) is 12.1 Å². The van der Waals surface area contributed by atoms with Crippen molar-refractivity contribution < 1.29 is 32.2 Å². The summed E-state index contributed by atoms with van der Waals surface area (Å²) in [7, 11) is 3.05. The van der Waals surface area contributed by atoms with Gasteiger partial charge in [-0.3, -0.25) is 4.79 Å². The van der Waals surface area contributed by atoms with Crippen LogP contribution in [0.1, 0.15) is 11.3 Å². The molecule has 0 saturated heterocycles. The van der Waals surface area contributed by atoms with Crippen molar-refractivity contribution in [3.8, 4) is 27.8 Å². The molecule has 29 heavy (non-hydrogen) atoms. The number of alkyl halides is 3. The summed E-state index contributed by atoms with van der Waals surface area (Å²) in [5.41, 5.74) is 0.154. The number of carbonyl (C=O) groups is 1. The smallest absolute Gasteiger partial charge is 0.419 e. The Kier molecular flexibility index (Phi) is 6.07. The second-order valence-electron chi connectivity index (χ2n) is 5.86. The number of hydrogen-bond donors (Lipinski definition) is 0. The van der Waals surface area contributed by atoms with Gasteiger partial charge in [0, 0.05) is 10.9 Å². The number of rotatable bonds is 6. The molecule has 0 fully saturated rings. The van der Waals surface area contributed by atoms with Gasteiger partial charge in [-0.25, -0.2) is 4.98 Å². The van der Waals surface area contributed by atoms with Gasteiger partial charge in [-0.05, 0) is 30.3 Å². The third kappa shape index (κ3) is 4.86. The van der Waals surface area contributed by atoms with Gasteiger partial charge in [0.15, 0.2) is 11.5 Å². The quantitative estimate of drug-likeness (QED) is 0.413. The Hall–Kier alpha value is -3.07. The Bertz CT molecular complexity index is 1020. The number of methoxy groups -OCH3 is 2. The van der Waals surface area contributed by atoms with E-state index >= 15 is 0 Å². The molecule has 0 radical (unpaired) electrons. The zero-order chi connectivity index (χ0) is 21.0. The van der Waals surface area contributed by atoms with E-state index in [9.17, 15) is 18.0 Å². The minimum atomic E-state index is -4.61. The zero-order valence-corrected chi connectivity index (χ0v) is 16.3. The monoisotopic (exact) mass is 423 g/mol. The third-order valence-corrected chi connectivity index (χ3v) is 4.86. The van der Waals surface area contributed by atoms with Crippen molar-refractivity contribution in [2.24, 2.45) is 0 Å². The Morgan fingerprint density at radius 1 is 1.03 bits per heavy atom. The van der Waals surface area contributed by atoms with Crippen molar-refractivity contribution in [1.29, 1.82) is 0 Å². The summed E-state index contributed by atoms with van der Waals surface area (Å²) in [5, 5.41) is 2.28. The number of benzene rings is 2. The Morgan fingerprint density at radius 3 is 2.45 bits per heavy atom. The van der Waals surface area contributed by atoms with E-state index in [0.717, 1.165) is 17.7 Å². The number of esters is 1. The van der Waals surface area contributed by atoms with Gasteiger partial charge in [-0.15, -0.1) is 11.3 Å². The molecule has 0 N–H and O–H groups in total. The number of aromatic nitrogens is 1. The molecule has 0 saturated carbocycles. The van der Waals surface area contributed by atoms with Gasteiger partial charge in [-0.2, -0.15) is 13.2 Å². The number of para-hydroxylation sites is 1. The van der Waals surface area contributed by atoms with Gasteiger partial charge in [0.2, 0.25) is 0 Å². The molecule has 9 heteroatoms. The van der Waals surface area contributed by atoms with Crippen LogP contribution in [-0.2, 0) is 17.4 Å². The maximum absolute atomic E-state index is 13.0. The van der Waals surface area contributed by atoms with Crippen LogP contribution >= 0.6 is 11.3 Å². The van der Waals surface area contributed by atoms with Crippen LogP contribution in [0.4, 0.5) is 13.2 Å². The summed E-state index contributed by atoms with van der Waals surface area (Å²) in [5.74, 6) is -0.254. The molecule has 3 aromatic rings. The van der Waals surface area contributed by atoms with Crippen LogP contribution in [0, 0.1) is 0 Å². The number of nitrogens with zero attached hydrogens (tertiary/aromatic N) is 1. The minimum absolute atomic E-state index is 0.254. The van der Waals surface area contributed by atoms with E-state index in [1.807, 2.05) is 0 Å². The van der Waals surface area contributed by atoms with Gasteiger partial charge < -0.3 is 14.2 Å². The average Bonchev–Trinajstić information content (AvgIpc) is 3.15. The molecule has 0 unspecified atom stereocenters. The highest BCUT2D eigenvalue weighted by Crippen LogP contribution is 2.36. The van der Waals surface area contributed by atoms with Gasteiger partial charge in [0.25, 0.3) is 0 Å². The van der Waals surface area contributed by atoms with Crippen molar-refractivity contribution >= 4 is 17.3 Å². The number of hydrogen-bond acceptors (Lipinski definition) is 6. The third-order valence-electron chi connectivity index (χ3n) is 3.92. The molecule has 0 aliphatic rings. The molecule has 0 amide bonds. The predicted molar refractivity (Wildman–Crippen MR) is 101 cm³/mol. The first kappa shape index (κ1) is 20.7. The molecule has 3 rings (SSSR count). The highest BCUT2D eigenvalue weighted by molar-refractivity contribution is 7.13. The SMILES string of the molecule is COc1ccc(-c2nc(CC(=O)Oc3ccccc3C(F)(F)F)cs2)cc1OC. The van der Waals surface area contributed by atoms with E-state index in [2.05, 4.69) is 4.98 Å². The lowest BCUT2D eigenvalue weighted by Crippen LogP contribution is -2.15. The maximum atomic E-state index is 13.0. The molecule has 2 aromatic carbocycles. The van der Waals surface area contributed by atoms with Crippen molar-refractivity contribution in [1.82, 2.24) is 4.98 Å². The molecular formula is C20H16F3NO4S. The Balaban J connectivity index is 1.74. The van der Waals surface area contributed by atoms with Crippen LogP contribution in [0.3, 0.4) is 0 Å². The molecule has 152 valence electrons. The summed E-state index contributed by atoms with van der Waals surface area (Å²) in [4.78, 5) is 16.5. The summed E-state index contributed by atoms with van der Waals surface area (Å²) < 4.78 is 54.4. The second-order valence-corrected chi connectivity index (χ2v) is 6.72. The number of carbonyl (C=O) groups excluding carboxylic acids is 1. The molecule has 0 atom stereocenters. The Labute approximate surface area is 168 Å². The number of ether oxygens (including phenoxy) is 3. The molecule has 0 bridgehead atoms. The Morgan fingerprint density at radius 2 is 1.76 bits per heavy atom. The van der Waals surface area contributed by atoms with Gasteiger partial charge in [0.1, 0.15) is 10.8 Å². The molecule has 0 aliphatic carbocycles. The highest BCUT2D eigenvalue weighted by Gasteiger charge is 2.34. The average molecular weight is 423 g/mol. The van der Waals surface area contributed by atoms with Crippen molar-refractivity contribution in [3.63, 3.8) is 0 Å². The molecular weight excluding hydrogens is 407 g/mol. The van der Waals surface area contributed by atoms with E-state index in [4.69, 9.17) is 14.2 Å².